The van der Waals surface area contributed by atoms with Crippen LogP contribution in [0.15, 0.2) is 69.4 Å². The molecular weight excluding hydrogens is 444 g/mol. The summed E-state index contributed by atoms with van der Waals surface area (Å²) in [6, 6.07) is 11.2. The van der Waals surface area contributed by atoms with Gasteiger partial charge in [0.1, 0.15) is 18.1 Å². The fourth-order valence-electron chi connectivity index (χ4n) is 2.30. The zero-order valence-corrected chi connectivity index (χ0v) is 17.4. The molecule has 0 radical (unpaired) electrons. The molecule has 2 aromatic heterocycles. The third-order valence-electron chi connectivity index (χ3n) is 3.66. The summed E-state index contributed by atoms with van der Waals surface area (Å²) >= 11 is 4.71. The molecule has 0 fully saturated rings. The summed E-state index contributed by atoms with van der Waals surface area (Å²) in [5, 5.41) is 11.8. The largest absolute Gasteiger partial charge is 0.486 e. The van der Waals surface area contributed by atoms with Gasteiger partial charge in [0, 0.05) is 11.0 Å². The van der Waals surface area contributed by atoms with E-state index in [1.807, 2.05) is 34.9 Å². The monoisotopic (exact) mass is 462 g/mol. The Bertz CT molecular complexity index is 910. The quantitative estimate of drug-likeness (QED) is 0.364. The summed E-state index contributed by atoms with van der Waals surface area (Å²) in [6.45, 7) is 4.94. The predicted molar refractivity (Wildman–Crippen MR) is 110 cm³/mol. The maximum atomic E-state index is 12.0. The fraction of sp³-hybridized carbons (Fsp3) is 0.211. The number of nitrogens with one attached hydrogen (secondary N) is 1. The first-order chi connectivity index (χ1) is 13.7. The molecule has 0 aliphatic heterocycles. The first kappa shape index (κ1) is 20.2. The lowest BCUT2D eigenvalue weighted by Crippen LogP contribution is -2.24. The number of furan rings is 1. The number of allylic oxidation sites excluding steroid dienone is 1. The highest BCUT2D eigenvalue weighted by atomic mass is 79.9. The van der Waals surface area contributed by atoms with Crippen molar-refractivity contribution >= 4 is 33.6 Å². The lowest BCUT2D eigenvalue weighted by molar-refractivity contribution is -0.118. The van der Waals surface area contributed by atoms with E-state index in [1.165, 1.54) is 11.8 Å². The van der Waals surface area contributed by atoms with E-state index in [-0.39, 0.29) is 18.3 Å². The molecule has 0 aliphatic carbocycles. The molecule has 0 bridgehead atoms. The zero-order chi connectivity index (χ0) is 19.8. The van der Waals surface area contributed by atoms with E-state index < -0.39 is 0 Å². The molecule has 3 aromatic rings. The second kappa shape index (κ2) is 10.1. The normalized spacial score (nSPS) is 10.6. The average Bonchev–Trinajstić information content (AvgIpc) is 3.35. The molecule has 0 unspecified atom stereocenters. The van der Waals surface area contributed by atoms with E-state index in [0.29, 0.717) is 29.8 Å². The molecule has 1 aromatic carbocycles. The number of benzene rings is 1. The van der Waals surface area contributed by atoms with Gasteiger partial charge in [-0.05, 0) is 36.4 Å². The SMILES string of the molecule is C=CCn1c(COc2ccc(Br)cc2)nnc1SCC(=O)NCc1ccco1. The van der Waals surface area contributed by atoms with Crippen LogP contribution in [-0.4, -0.2) is 26.4 Å². The maximum Gasteiger partial charge on any atom is 0.230 e. The maximum absolute atomic E-state index is 12.0. The Kier molecular flexibility index (Phi) is 7.32. The lowest BCUT2D eigenvalue weighted by atomic mass is 10.3. The first-order valence-electron chi connectivity index (χ1n) is 8.49. The van der Waals surface area contributed by atoms with Crippen molar-refractivity contribution in [3.8, 4) is 5.75 Å². The Morgan fingerprint density at radius 2 is 2.14 bits per heavy atom. The number of nitrogens with zero attached hydrogens (tertiary/aromatic N) is 3. The van der Waals surface area contributed by atoms with Crippen LogP contribution in [0.25, 0.3) is 0 Å². The van der Waals surface area contributed by atoms with Gasteiger partial charge in [0.15, 0.2) is 11.0 Å². The number of hydrogen-bond donors (Lipinski definition) is 1. The Morgan fingerprint density at radius 1 is 1.32 bits per heavy atom. The average molecular weight is 463 g/mol. The molecule has 3 rings (SSSR count). The zero-order valence-electron chi connectivity index (χ0n) is 15.0. The minimum absolute atomic E-state index is 0.109. The van der Waals surface area contributed by atoms with Gasteiger partial charge in [-0.1, -0.05) is 33.8 Å². The highest BCUT2D eigenvalue weighted by Crippen LogP contribution is 2.20. The van der Waals surface area contributed by atoms with E-state index in [4.69, 9.17) is 9.15 Å². The highest BCUT2D eigenvalue weighted by molar-refractivity contribution is 9.10. The van der Waals surface area contributed by atoms with E-state index >= 15 is 0 Å². The van der Waals surface area contributed by atoms with Crippen molar-refractivity contribution in [3.63, 3.8) is 0 Å². The molecule has 0 atom stereocenters. The van der Waals surface area contributed by atoms with Crippen LogP contribution in [0.4, 0.5) is 0 Å². The van der Waals surface area contributed by atoms with Gasteiger partial charge in [-0.3, -0.25) is 9.36 Å². The van der Waals surface area contributed by atoms with Gasteiger partial charge in [0.2, 0.25) is 5.91 Å². The number of thioether (sulfide) groups is 1. The van der Waals surface area contributed by atoms with Crippen molar-refractivity contribution in [1.82, 2.24) is 20.1 Å². The van der Waals surface area contributed by atoms with Crippen molar-refractivity contribution in [2.75, 3.05) is 5.75 Å². The molecule has 9 heteroatoms. The summed E-state index contributed by atoms with van der Waals surface area (Å²) in [4.78, 5) is 12.0. The molecule has 7 nitrogen and oxygen atoms in total. The van der Waals surface area contributed by atoms with Crippen LogP contribution in [-0.2, 0) is 24.5 Å². The van der Waals surface area contributed by atoms with Crippen LogP contribution in [0, 0.1) is 0 Å². The van der Waals surface area contributed by atoms with Gasteiger partial charge in [-0.2, -0.15) is 0 Å². The van der Waals surface area contributed by atoms with Crippen LogP contribution < -0.4 is 10.1 Å². The topological polar surface area (TPSA) is 82.2 Å². The number of hydrogen-bond acceptors (Lipinski definition) is 6. The number of carbonyl (C=O) groups excluding carboxylic acids is 1. The molecule has 0 spiro atoms. The summed E-state index contributed by atoms with van der Waals surface area (Å²) in [6.07, 6.45) is 3.33. The van der Waals surface area contributed by atoms with Crippen molar-refractivity contribution in [3.05, 3.63) is 71.4 Å². The third-order valence-corrected chi connectivity index (χ3v) is 5.15. The Morgan fingerprint density at radius 3 is 2.86 bits per heavy atom. The van der Waals surface area contributed by atoms with Crippen molar-refractivity contribution in [1.29, 1.82) is 0 Å². The van der Waals surface area contributed by atoms with Gasteiger partial charge in [0.05, 0.1) is 18.6 Å². The number of rotatable bonds is 10. The summed E-state index contributed by atoms with van der Waals surface area (Å²) in [5.41, 5.74) is 0. The molecule has 0 saturated carbocycles. The lowest BCUT2D eigenvalue weighted by Gasteiger charge is -2.09. The number of carbonyl (C=O) groups is 1. The van der Waals surface area contributed by atoms with Crippen molar-refractivity contribution in [2.24, 2.45) is 0 Å². The van der Waals surface area contributed by atoms with Gasteiger partial charge in [-0.25, -0.2) is 0 Å². The predicted octanol–water partition coefficient (Wildman–Crippen LogP) is 3.81. The minimum atomic E-state index is -0.109. The van der Waals surface area contributed by atoms with E-state index in [9.17, 15) is 4.79 Å². The number of amides is 1. The smallest absolute Gasteiger partial charge is 0.230 e. The molecule has 0 aliphatic rings. The van der Waals surface area contributed by atoms with E-state index in [0.717, 1.165) is 10.2 Å². The molecule has 146 valence electrons. The van der Waals surface area contributed by atoms with Crippen LogP contribution in [0.2, 0.25) is 0 Å². The Balaban J connectivity index is 1.55. The number of ether oxygens (including phenoxy) is 1. The fourth-order valence-corrected chi connectivity index (χ4v) is 3.36. The number of aromatic nitrogens is 3. The van der Waals surface area contributed by atoms with Gasteiger partial charge >= 0.3 is 0 Å². The van der Waals surface area contributed by atoms with Crippen LogP contribution in [0.3, 0.4) is 0 Å². The molecule has 28 heavy (non-hydrogen) atoms. The molecule has 1 amide bonds. The highest BCUT2D eigenvalue weighted by Gasteiger charge is 2.14. The summed E-state index contributed by atoms with van der Waals surface area (Å²) in [5.74, 6) is 2.23. The Hall–Kier alpha value is -2.52. The Labute approximate surface area is 175 Å². The van der Waals surface area contributed by atoms with Crippen molar-refractivity contribution < 1.29 is 13.9 Å². The number of halogens is 1. The second-order valence-electron chi connectivity index (χ2n) is 5.69. The van der Waals surface area contributed by atoms with Gasteiger partial charge < -0.3 is 14.5 Å². The van der Waals surface area contributed by atoms with Crippen LogP contribution >= 0.6 is 27.7 Å². The molecule has 1 N–H and O–H groups in total. The van der Waals surface area contributed by atoms with Crippen LogP contribution in [0.1, 0.15) is 11.6 Å². The molecule has 2 heterocycles. The standard InChI is InChI=1S/C19H19BrN4O3S/c1-2-9-24-17(12-27-15-7-5-14(20)6-8-15)22-23-19(24)28-13-18(25)21-11-16-4-3-10-26-16/h2-8,10H,1,9,11-13H2,(H,21,25). The summed E-state index contributed by atoms with van der Waals surface area (Å²) < 4.78 is 13.8. The van der Waals surface area contributed by atoms with Gasteiger partial charge in [0.25, 0.3) is 0 Å². The van der Waals surface area contributed by atoms with E-state index in [2.05, 4.69) is 38.0 Å². The minimum Gasteiger partial charge on any atom is -0.486 e. The second-order valence-corrected chi connectivity index (χ2v) is 7.54. The van der Waals surface area contributed by atoms with E-state index in [1.54, 1.807) is 18.4 Å². The van der Waals surface area contributed by atoms with Crippen molar-refractivity contribution in [2.45, 2.75) is 24.9 Å². The third kappa shape index (κ3) is 5.74. The van der Waals surface area contributed by atoms with Crippen LogP contribution in [0.5, 0.6) is 5.75 Å². The first-order valence-corrected chi connectivity index (χ1v) is 10.3. The van der Waals surface area contributed by atoms with Gasteiger partial charge in [-0.15, -0.1) is 16.8 Å². The molecular formula is C19H19BrN4O3S. The summed E-state index contributed by atoms with van der Waals surface area (Å²) in [7, 11) is 0. The molecule has 0 saturated heterocycles.